The lowest BCUT2D eigenvalue weighted by molar-refractivity contribution is 0.259. The van der Waals surface area contributed by atoms with Crippen molar-refractivity contribution in [1.29, 1.82) is 0 Å². The largest absolute Gasteiger partial charge is 0.330 e. The van der Waals surface area contributed by atoms with Gasteiger partial charge in [0.1, 0.15) is 0 Å². The molecule has 0 aliphatic heterocycles. The molecule has 2 N–H and O–H groups in total. The van der Waals surface area contributed by atoms with Crippen molar-refractivity contribution in [3.05, 3.63) is 34.4 Å². The van der Waals surface area contributed by atoms with E-state index in [-0.39, 0.29) is 0 Å². The molecule has 2 heteroatoms. The SMILES string of the molecule is Cc1cc(C)c(CN(C)CC2(CN)CC2)cc1C. The van der Waals surface area contributed by atoms with Crippen LogP contribution in [-0.2, 0) is 6.54 Å². The summed E-state index contributed by atoms with van der Waals surface area (Å²) in [4.78, 5) is 2.43. The topological polar surface area (TPSA) is 29.3 Å². The molecule has 1 aromatic rings. The van der Waals surface area contributed by atoms with Gasteiger partial charge >= 0.3 is 0 Å². The van der Waals surface area contributed by atoms with Crippen LogP contribution < -0.4 is 5.73 Å². The Morgan fingerprint density at radius 3 is 2.28 bits per heavy atom. The molecule has 0 atom stereocenters. The van der Waals surface area contributed by atoms with E-state index in [1.165, 1.54) is 35.1 Å². The number of aryl methyl sites for hydroxylation is 3. The standard InChI is InChI=1S/C16H26N2/c1-12-7-14(3)15(8-13(12)2)9-18(4)11-16(10-17)5-6-16/h7-8H,5-6,9-11,17H2,1-4H3. The quantitative estimate of drug-likeness (QED) is 0.865. The van der Waals surface area contributed by atoms with Crippen LogP contribution >= 0.6 is 0 Å². The fourth-order valence-electron chi connectivity index (χ4n) is 2.71. The zero-order valence-electron chi connectivity index (χ0n) is 12.2. The molecule has 1 saturated carbocycles. The minimum atomic E-state index is 0.433. The van der Waals surface area contributed by atoms with E-state index in [1.807, 2.05) is 0 Å². The smallest absolute Gasteiger partial charge is 0.0233 e. The van der Waals surface area contributed by atoms with Crippen LogP contribution in [0, 0.1) is 26.2 Å². The van der Waals surface area contributed by atoms with Crippen molar-refractivity contribution in [2.24, 2.45) is 11.1 Å². The van der Waals surface area contributed by atoms with Gasteiger partial charge in [0, 0.05) is 13.1 Å². The van der Waals surface area contributed by atoms with E-state index in [9.17, 15) is 0 Å². The van der Waals surface area contributed by atoms with E-state index < -0.39 is 0 Å². The normalized spacial score (nSPS) is 17.2. The van der Waals surface area contributed by atoms with Gasteiger partial charge in [-0.1, -0.05) is 12.1 Å². The number of nitrogens with zero attached hydrogens (tertiary/aromatic N) is 1. The third kappa shape index (κ3) is 2.93. The molecule has 0 unspecified atom stereocenters. The van der Waals surface area contributed by atoms with Crippen LogP contribution in [-0.4, -0.2) is 25.0 Å². The lowest BCUT2D eigenvalue weighted by Gasteiger charge is -2.23. The molecule has 1 aromatic carbocycles. The maximum Gasteiger partial charge on any atom is 0.0233 e. The Hall–Kier alpha value is -0.860. The summed E-state index contributed by atoms with van der Waals surface area (Å²) in [6, 6.07) is 4.64. The van der Waals surface area contributed by atoms with Gasteiger partial charge in [0.05, 0.1) is 0 Å². The van der Waals surface area contributed by atoms with Gasteiger partial charge in [-0.25, -0.2) is 0 Å². The zero-order chi connectivity index (χ0) is 13.3. The highest BCUT2D eigenvalue weighted by atomic mass is 15.1. The van der Waals surface area contributed by atoms with Crippen LogP contribution in [0.25, 0.3) is 0 Å². The Balaban J connectivity index is 2.03. The second kappa shape index (κ2) is 5.02. The first-order valence-corrected chi connectivity index (χ1v) is 6.91. The summed E-state index contributed by atoms with van der Waals surface area (Å²) in [6.45, 7) is 9.60. The van der Waals surface area contributed by atoms with Crippen LogP contribution in [0.4, 0.5) is 0 Å². The molecule has 0 spiro atoms. The molecule has 0 amide bonds. The van der Waals surface area contributed by atoms with Crippen molar-refractivity contribution in [2.75, 3.05) is 20.1 Å². The molecule has 1 aliphatic carbocycles. The fourth-order valence-corrected chi connectivity index (χ4v) is 2.71. The van der Waals surface area contributed by atoms with Gasteiger partial charge in [0.25, 0.3) is 0 Å². The molecule has 18 heavy (non-hydrogen) atoms. The lowest BCUT2D eigenvalue weighted by Crippen LogP contribution is -2.31. The predicted octanol–water partition coefficient (Wildman–Crippen LogP) is 2.78. The number of rotatable bonds is 5. The second-order valence-corrected chi connectivity index (χ2v) is 6.24. The fraction of sp³-hybridized carbons (Fsp3) is 0.625. The Morgan fingerprint density at radius 1 is 1.11 bits per heavy atom. The van der Waals surface area contributed by atoms with Gasteiger partial charge in [-0.2, -0.15) is 0 Å². The summed E-state index contributed by atoms with van der Waals surface area (Å²) in [6.07, 6.45) is 2.61. The van der Waals surface area contributed by atoms with E-state index in [1.54, 1.807) is 0 Å². The van der Waals surface area contributed by atoms with Crippen LogP contribution in [0.1, 0.15) is 35.1 Å². The van der Waals surface area contributed by atoms with Gasteiger partial charge < -0.3 is 10.6 Å². The Morgan fingerprint density at radius 2 is 1.72 bits per heavy atom. The summed E-state index contributed by atoms with van der Waals surface area (Å²) in [5, 5.41) is 0. The Bertz CT molecular complexity index is 433. The van der Waals surface area contributed by atoms with E-state index in [2.05, 4.69) is 44.9 Å². The van der Waals surface area contributed by atoms with Gasteiger partial charge in [-0.3, -0.25) is 0 Å². The van der Waals surface area contributed by atoms with Gasteiger partial charge in [-0.05, 0) is 74.9 Å². The summed E-state index contributed by atoms with van der Waals surface area (Å²) in [5.74, 6) is 0. The van der Waals surface area contributed by atoms with E-state index in [4.69, 9.17) is 5.73 Å². The van der Waals surface area contributed by atoms with Crippen LogP contribution in [0.2, 0.25) is 0 Å². The number of nitrogens with two attached hydrogens (primary N) is 1. The summed E-state index contributed by atoms with van der Waals surface area (Å²) in [5.41, 5.74) is 11.9. The lowest BCUT2D eigenvalue weighted by atomic mass is 10.00. The number of hydrogen-bond acceptors (Lipinski definition) is 2. The van der Waals surface area contributed by atoms with Crippen molar-refractivity contribution < 1.29 is 0 Å². The third-order valence-electron chi connectivity index (χ3n) is 4.39. The van der Waals surface area contributed by atoms with Crippen molar-refractivity contribution >= 4 is 0 Å². The molecule has 1 aliphatic rings. The van der Waals surface area contributed by atoms with E-state index >= 15 is 0 Å². The van der Waals surface area contributed by atoms with Gasteiger partial charge in [0.2, 0.25) is 0 Å². The van der Waals surface area contributed by atoms with Crippen LogP contribution in [0.5, 0.6) is 0 Å². The molecule has 100 valence electrons. The number of hydrogen-bond donors (Lipinski definition) is 1. The molecule has 2 rings (SSSR count). The highest BCUT2D eigenvalue weighted by Gasteiger charge is 2.41. The average molecular weight is 246 g/mol. The van der Waals surface area contributed by atoms with Gasteiger partial charge in [-0.15, -0.1) is 0 Å². The summed E-state index contributed by atoms with van der Waals surface area (Å²) in [7, 11) is 2.21. The van der Waals surface area contributed by atoms with Crippen molar-refractivity contribution in [1.82, 2.24) is 4.90 Å². The maximum atomic E-state index is 5.86. The maximum absolute atomic E-state index is 5.86. The molecule has 0 heterocycles. The first kappa shape index (κ1) is 13.6. The summed E-state index contributed by atoms with van der Waals surface area (Å²) < 4.78 is 0. The minimum Gasteiger partial charge on any atom is -0.330 e. The monoisotopic (exact) mass is 246 g/mol. The molecular weight excluding hydrogens is 220 g/mol. The predicted molar refractivity (Wildman–Crippen MR) is 77.7 cm³/mol. The molecule has 2 nitrogen and oxygen atoms in total. The first-order chi connectivity index (χ1) is 8.46. The average Bonchev–Trinajstić information content (AvgIpc) is 3.06. The van der Waals surface area contributed by atoms with Crippen LogP contribution in [0.15, 0.2) is 12.1 Å². The number of benzene rings is 1. The van der Waals surface area contributed by atoms with Crippen molar-refractivity contribution in [3.8, 4) is 0 Å². The Labute approximate surface area is 111 Å². The Kier molecular flexibility index (Phi) is 3.79. The zero-order valence-corrected chi connectivity index (χ0v) is 12.2. The molecule has 0 aromatic heterocycles. The molecule has 0 saturated heterocycles. The first-order valence-electron chi connectivity index (χ1n) is 6.91. The molecule has 0 radical (unpaired) electrons. The van der Waals surface area contributed by atoms with E-state index in [0.717, 1.165) is 19.6 Å². The highest BCUT2D eigenvalue weighted by molar-refractivity contribution is 5.36. The van der Waals surface area contributed by atoms with Gasteiger partial charge in [0.15, 0.2) is 0 Å². The van der Waals surface area contributed by atoms with Crippen molar-refractivity contribution in [2.45, 2.75) is 40.2 Å². The third-order valence-corrected chi connectivity index (χ3v) is 4.39. The van der Waals surface area contributed by atoms with Crippen LogP contribution in [0.3, 0.4) is 0 Å². The summed E-state index contributed by atoms with van der Waals surface area (Å²) >= 11 is 0. The van der Waals surface area contributed by atoms with Crippen molar-refractivity contribution in [3.63, 3.8) is 0 Å². The minimum absolute atomic E-state index is 0.433. The molecular formula is C16H26N2. The molecule has 1 fully saturated rings. The second-order valence-electron chi connectivity index (χ2n) is 6.24. The molecule has 0 bridgehead atoms. The van der Waals surface area contributed by atoms with E-state index in [0.29, 0.717) is 5.41 Å². The highest BCUT2D eigenvalue weighted by Crippen LogP contribution is 2.45.